The van der Waals surface area contributed by atoms with Crippen LogP contribution in [0.4, 0.5) is 0 Å². The van der Waals surface area contributed by atoms with Crippen LogP contribution in [-0.4, -0.2) is 67.0 Å². The fourth-order valence-electron chi connectivity index (χ4n) is 4.80. The molecule has 0 aromatic carbocycles. The van der Waals surface area contributed by atoms with Crippen LogP contribution in [0.15, 0.2) is 23.3 Å². The Morgan fingerprint density at radius 1 is 1.12 bits per heavy atom. The second-order valence-corrected chi connectivity index (χ2v) is 9.21. The summed E-state index contributed by atoms with van der Waals surface area (Å²) >= 11 is 0. The average molecular weight is 445 g/mol. The first-order valence-electron chi connectivity index (χ1n) is 12.7. The van der Waals surface area contributed by atoms with Crippen LogP contribution in [0.25, 0.3) is 0 Å². The third-order valence-corrected chi connectivity index (χ3v) is 6.67. The highest BCUT2D eigenvalue weighted by molar-refractivity contribution is 5.80. The second-order valence-electron chi connectivity index (χ2n) is 9.21. The number of nitrogens with zero attached hydrogens (tertiary/aromatic N) is 3. The molecule has 0 bridgehead atoms. The maximum absolute atomic E-state index is 6.17. The SMILES string of the molecule is CCNC(=NCc1ccnc(OC2CCCC2)c1)N1CCC(OCC2CCCCO2)CC1. The van der Waals surface area contributed by atoms with Gasteiger partial charge in [-0.1, -0.05) is 0 Å². The van der Waals surface area contributed by atoms with Crippen molar-refractivity contribution in [2.24, 2.45) is 4.99 Å². The molecule has 1 unspecified atom stereocenters. The summed E-state index contributed by atoms with van der Waals surface area (Å²) < 4.78 is 18.0. The molecular formula is C25H40N4O3. The van der Waals surface area contributed by atoms with Gasteiger partial charge in [0, 0.05) is 38.5 Å². The summed E-state index contributed by atoms with van der Waals surface area (Å²) in [7, 11) is 0. The lowest BCUT2D eigenvalue weighted by Gasteiger charge is -2.35. The first-order chi connectivity index (χ1) is 15.8. The van der Waals surface area contributed by atoms with Crippen LogP contribution in [-0.2, 0) is 16.0 Å². The van der Waals surface area contributed by atoms with E-state index >= 15 is 0 Å². The minimum absolute atomic E-state index is 0.295. The zero-order valence-corrected chi connectivity index (χ0v) is 19.6. The van der Waals surface area contributed by atoms with Gasteiger partial charge in [-0.3, -0.25) is 0 Å². The third-order valence-electron chi connectivity index (χ3n) is 6.67. The second kappa shape index (κ2) is 12.4. The summed E-state index contributed by atoms with van der Waals surface area (Å²) in [4.78, 5) is 11.7. The number of piperidine rings is 1. The van der Waals surface area contributed by atoms with Crippen molar-refractivity contribution in [3.05, 3.63) is 23.9 Å². The number of aliphatic imine (C=N–C) groups is 1. The topological polar surface area (TPSA) is 68.2 Å². The number of hydrogen-bond acceptors (Lipinski definition) is 5. The average Bonchev–Trinajstić information content (AvgIpc) is 3.35. The molecule has 32 heavy (non-hydrogen) atoms. The van der Waals surface area contributed by atoms with E-state index in [-0.39, 0.29) is 0 Å². The van der Waals surface area contributed by atoms with Gasteiger partial charge >= 0.3 is 0 Å². The quantitative estimate of drug-likeness (QED) is 0.484. The van der Waals surface area contributed by atoms with E-state index in [1.54, 1.807) is 0 Å². The van der Waals surface area contributed by atoms with Crippen molar-refractivity contribution < 1.29 is 14.2 Å². The van der Waals surface area contributed by atoms with E-state index in [1.165, 1.54) is 25.7 Å². The largest absolute Gasteiger partial charge is 0.474 e. The van der Waals surface area contributed by atoms with Gasteiger partial charge < -0.3 is 24.4 Å². The number of likely N-dealkylation sites (tertiary alicyclic amines) is 1. The van der Waals surface area contributed by atoms with Crippen molar-refractivity contribution in [3.8, 4) is 5.88 Å². The normalized spacial score (nSPS) is 23.5. The standard InChI is InChI=1S/C25H40N4O3/c1-2-26-25(28-18-20-10-13-27-24(17-20)32-22-7-3-4-8-22)29-14-11-21(12-15-29)31-19-23-9-5-6-16-30-23/h10,13,17,21-23H,2-9,11-12,14-16,18-19H2,1H3,(H,26,28). The number of aromatic nitrogens is 1. The Balaban J connectivity index is 1.26. The molecule has 0 spiro atoms. The minimum Gasteiger partial charge on any atom is -0.474 e. The van der Waals surface area contributed by atoms with Crippen LogP contribution in [0.5, 0.6) is 5.88 Å². The Bertz CT molecular complexity index is 709. The fraction of sp³-hybridized carbons (Fsp3) is 0.760. The number of rotatable bonds is 8. The molecule has 0 amide bonds. The van der Waals surface area contributed by atoms with Crippen LogP contribution < -0.4 is 10.1 Å². The number of ether oxygens (including phenoxy) is 3. The van der Waals surface area contributed by atoms with Crippen LogP contribution in [0.3, 0.4) is 0 Å². The van der Waals surface area contributed by atoms with Crippen molar-refractivity contribution in [2.75, 3.05) is 32.8 Å². The molecular weight excluding hydrogens is 404 g/mol. The highest BCUT2D eigenvalue weighted by Gasteiger charge is 2.24. The predicted molar refractivity (Wildman–Crippen MR) is 126 cm³/mol. The van der Waals surface area contributed by atoms with Crippen molar-refractivity contribution in [3.63, 3.8) is 0 Å². The molecule has 7 nitrogen and oxygen atoms in total. The van der Waals surface area contributed by atoms with E-state index in [1.807, 2.05) is 18.3 Å². The van der Waals surface area contributed by atoms with E-state index in [0.29, 0.717) is 24.9 Å². The van der Waals surface area contributed by atoms with E-state index in [9.17, 15) is 0 Å². The molecule has 7 heteroatoms. The lowest BCUT2D eigenvalue weighted by molar-refractivity contribution is -0.0721. The highest BCUT2D eigenvalue weighted by atomic mass is 16.5. The number of nitrogens with one attached hydrogen (secondary N) is 1. The molecule has 178 valence electrons. The molecule has 3 fully saturated rings. The van der Waals surface area contributed by atoms with Gasteiger partial charge in [0.2, 0.25) is 5.88 Å². The fourth-order valence-corrected chi connectivity index (χ4v) is 4.80. The number of guanidine groups is 1. The molecule has 1 aromatic heterocycles. The van der Waals surface area contributed by atoms with E-state index < -0.39 is 0 Å². The molecule has 4 rings (SSSR count). The Morgan fingerprint density at radius 3 is 2.69 bits per heavy atom. The van der Waals surface area contributed by atoms with Gasteiger partial charge in [-0.15, -0.1) is 0 Å². The summed E-state index contributed by atoms with van der Waals surface area (Å²) in [5.74, 6) is 1.71. The smallest absolute Gasteiger partial charge is 0.213 e. The molecule has 2 saturated heterocycles. The first kappa shape index (κ1) is 23.3. The van der Waals surface area contributed by atoms with Crippen LogP contribution in [0.1, 0.15) is 70.3 Å². The van der Waals surface area contributed by atoms with Crippen LogP contribution in [0.2, 0.25) is 0 Å². The number of hydrogen-bond donors (Lipinski definition) is 1. The zero-order chi connectivity index (χ0) is 22.0. The first-order valence-corrected chi connectivity index (χ1v) is 12.7. The maximum Gasteiger partial charge on any atom is 0.213 e. The van der Waals surface area contributed by atoms with Crippen molar-refractivity contribution in [2.45, 2.75) is 89.6 Å². The van der Waals surface area contributed by atoms with Gasteiger partial charge in [0.25, 0.3) is 0 Å². The molecule has 0 radical (unpaired) electrons. The molecule has 1 N–H and O–H groups in total. The Hall–Kier alpha value is -1.86. The molecule has 1 aromatic rings. The predicted octanol–water partition coefficient (Wildman–Crippen LogP) is 3.92. The van der Waals surface area contributed by atoms with Crippen molar-refractivity contribution in [1.29, 1.82) is 0 Å². The van der Waals surface area contributed by atoms with Gasteiger partial charge in [-0.05, 0) is 76.3 Å². The highest BCUT2D eigenvalue weighted by Crippen LogP contribution is 2.23. The monoisotopic (exact) mass is 444 g/mol. The third kappa shape index (κ3) is 7.07. The molecule has 1 saturated carbocycles. The van der Waals surface area contributed by atoms with Gasteiger partial charge in [0.1, 0.15) is 6.10 Å². The summed E-state index contributed by atoms with van der Waals surface area (Å²) in [6.07, 6.45) is 13.2. The lowest BCUT2D eigenvalue weighted by atomic mass is 10.1. The molecule has 1 atom stereocenters. The Kier molecular flexibility index (Phi) is 9.03. The lowest BCUT2D eigenvalue weighted by Crippen LogP contribution is -2.47. The summed E-state index contributed by atoms with van der Waals surface area (Å²) in [5.41, 5.74) is 1.13. The molecule has 2 aliphatic heterocycles. The van der Waals surface area contributed by atoms with Gasteiger partial charge in [-0.25, -0.2) is 9.98 Å². The van der Waals surface area contributed by atoms with Gasteiger partial charge in [0.15, 0.2) is 5.96 Å². The van der Waals surface area contributed by atoms with E-state index in [2.05, 4.69) is 22.1 Å². The van der Waals surface area contributed by atoms with Crippen LogP contribution in [0, 0.1) is 0 Å². The van der Waals surface area contributed by atoms with Crippen molar-refractivity contribution >= 4 is 5.96 Å². The van der Waals surface area contributed by atoms with Gasteiger partial charge in [-0.2, -0.15) is 0 Å². The maximum atomic E-state index is 6.17. The van der Waals surface area contributed by atoms with E-state index in [4.69, 9.17) is 19.2 Å². The zero-order valence-electron chi connectivity index (χ0n) is 19.6. The molecule has 3 aliphatic rings. The Morgan fingerprint density at radius 2 is 1.94 bits per heavy atom. The van der Waals surface area contributed by atoms with Crippen molar-refractivity contribution in [1.82, 2.24) is 15.2 Å². The van der Waals surface area contributed by atoms with E-state index in [0.717, 1.165) is 82.4 Å². The summed E-state index contributed by atoms with van der Waals surface area (Å²) in [5, 5.41) is 3.46. The minimum atomic E-state index is 0.295. The molecule has 1 aliphatic carbocycles. The Labute approximate surface area is 192 Å². The number of pyridine rings is 1. The molecule has 3 heterocycles. The van der Waals surface area contributed by atoms with Crippen LogP contribution >= 0.6 is 0 Å². The summed E-state index contributed by atoms with van der Waals surface area (Å²) in [6.45, 7) is 7.17. The van der Waals surface area contributed by atoms with Gasteiger partial charge in [0.05, 0.1) is 25.4 Å². The summed E-state index contributed by atoms with van der Waals surface area (Å²) in [6, 6.07) is 4.07.